The highest BCUT2D eigenvalue weighted by molar-refractivity contribution is 9.10. The van der Waals surface area contributed by atoms with Gasteiger partial charge in [-0.25, -0.2) is 9.97 Å². The number of rotatable bonds is 1. The lowest BCUT2D eigenvalue weighted by Crippen LogP contribution is -2.39. The quantitative estimate of drug-likeness (QED) is 0.865. The number of hydrogen-bond acceptors (Lipinski definition) is 4. The number of halogens is 1. The number of piperidine rings is 1. The van der Waals surface area contributed by atoms with E-state index in [0.717, 1.165) is 35.5 Å². The second-order valence-corrected chi connectivity index (χ2v) is 5.10. The van der Waals surface area contributed by atoms with Gasteiger partial charge in [0.15, 0.2) is 11.5 Å². The van der Waals surface area contributed by atoms with Crippen LogP contribution < -0.4 is 4.90 Å². The van der Waals surface area contributed by atoms with Crippen molar-refractivity contribution in [2.45, 2.75) is 18.9 Å². The average Bonchev–Trinajstić information content (AvgIpc) is 2.75. The fourth-order valence-corrected chi connectivity index (χ4v) is 2.63. The maximum atomic E-state index is 9.72. The molecule has 0 radical (unpaired) electrons. The van der Waals surface area contributed by atoms with Gasteiger partial charge in [-0.3, -0.25) is 0 Å². The lowest BCUT2D eigenvalue weighted by molar-refractivity contribution is 0.154. The molecule has 6 heteroatoms. The monoisotopic (exact) mass is 296 g/mol. The maximum Gasteiger partial charge on any atom is 0.180 e. The summed E-state index contributed by atoms with van der Waals surface area (Å²) >= 11 is 3.40. The third-order valence-corrected chi connectivity index (χ3v) is 3.41. The molecule has 2 aromatic heterocycles. The minimum atomic E-state index is -0.264. The first-order valence-electron chi connectivity index (χ1n) is 5.66. The van der Waals surface area contributed by atoms with Gasteiger partial charge in [0.2, 0.25) is 0 Å². The van der Waals surface area contributed by atoms with Crippen LogP contribution in [0, 0.1) is 0 Å². The van der Waals surface area contributed by atoms with Crippen molar-refractivity contribution >= 4 is 27.4 Å². The molecule has 1 aliphatic heterocycles. The number of imidazole rings is 1. The molecule has 90 valence electrons. The van der Waals surface area contributed by atoms with Crippen molar-refractivity contribution in [1.29, 1.82) is 0 Å². The van der Waals surface area contributed by atoms with Gasteiger partial charge in [-0.1, -0.05) is 0 Å². The van der Waals surface area contributed by atoms with E-state index in [0.29, 0.717) is 6.54 Å². The van der Waals surface area contributed by atoms with Crippen molar-refractivity contribution in [3.8, 4) is 0 Å². The third kappa shape index (κ3) is 2.02. The summed E-state index contributed by atoms with van der Waals surface area (Å²) < 4.78 is 2.71. The zero-order valence-electron chi connectivity index (χ0n) is 9.25. The highest BCUT2D eigenvalue weighted by atomic mass is 79.9. The summed E-state index contributed by atoms with van der Waals surface area (Å²) in [6, 6.07) is 0. The standard InChI is InChI=1S/C11H13BrN4O/c12-9-7-16-5-3-13-10(16)11(14-9)15-4-1-2-8(17)6-15/h3,5,7-8,17H,1-2,4,6H2. The summed E-state index contributed by atoms with van der Waals surface area (Å²) in [6.45, 7) is 1.55. The van der Waals surface area contributed by atoms with Gasteiger partial charge in [-0.2, -0.15) is 0 Å². The van der Waals surface area contributed by atoms with Crippen LogP contribution in [-0.2, 0) is 0 Å². The third-order valence-electron chi connectivity index (χ3n) is 3.02. The number of fused-ring (bicyclic) bond motifs is 1. The number of β-amino-alcohol motifs (C(OH)–C–C–N with tert-alkyl or cyclic N) is 1. The summed E-state index contributed by atoms with van der Waals surface area (Å²) in [6.07, 6.45) is 7.13. The summed E-state index contributed by atoms with van der Waals surface area (Å²) in [4.78, 5) is 10.9. The molecule has 3 rings (SSSR count). The zero-order valence-corrected chi connectivity index (χ0v) is 10.8. The predicted molar refractivity (Wildman–Crippen MR) is 68.1 cm³/mol. The van der Waals surface area contributed by atoms with Crippen LogP contribution in [0.5, 0.6) is 0 Å². The van der Waals surface area contributed by atoms with Crippen LogP contribution in [0.15, 0.2) is 23.2 Å². The molecule has 1 N–H and O–H groups in total. The smallest absolute Gasteiger partial charge is 0.180 e. The fourth-order valence-electron chi connectivity index (χ4n) is 2.24. The molecule has 1 aliphatic rings. The molecule has 1 unspecified atom stereocenters. The molecule has 1 fully saturated rings. The van der Waals surface area contributed by atoms with E-state index in [1.165, 1.54) is 0 Å². The molecule has 1 saturated heterocycles. The first-order valence-corrected chi connectivity index (χ1v) is 6.45. The Morgan fingerprint density at radius 1 is 1.47 bits per heavy atom. The van der Waals surface area contributed by atoms with Crippen molar-refractivity contribution < 1.29 is 5.11 Å². The first kappa shape index (κ1) is 11.0. The number of aromatic nitrogens is 3. The molecule has 0 aromatic carbocycles. The molecule has 17 heavy (non-hydrogen) atoms. The van der Waals surface area contributed by atoms with Crippen molar-refractivity contribution in [1.82, 2.24) is 14.4 Å². The molecule has 5 nitrogen and oxygen atoms in total. The van der Waals surface area contributed by atoms with Gasteiger partial charge in [0.25, 0.3) is 0 Å². The lowest BCUT2D eigenvalue weighted by Gasteiger charge is -2.31. The van der Waals surface area contributed by atoms with Gasteiger partial charge in [-0.15, -0.1) is 0 Å². The molecule has 1 atom stereocenters. The summed E-state index contributed by atoms with van der Waals surface area (Å²) in [7, 11) is 0. The van der Waals surface area contributed by atoms with Crippen LogP contribution in [0.1, 0.15) is 12.8 Å². The van der Waals surface area contributed by atoms with E-state index in [1.54, 1.807) is 6.20 Å². The Morgan fingerprint density at radius 2 is 2.35 bits per heavy atom. The number of aliphatic hydroxyl groups excluding tert-OH is 1. The predicted octanol–water partition coefficient (Wildman–Crippen LogP) is 1.45. The van der Waals surface area contributed by atoms with E-state index >= 15 is 0 Å². The second kappa shape index (κ2) is 4.27. The van der Waals surface area contributed by atoms with Crippen molar-refractivity contribution in [2.24, 2.45) is 0 Å². The number of hydrogen-bond donors (Lipinski definition) is 1. The van der Waals surface area contributed by atoms with Crippen molar-refractivity contribution in [3.63, 3.8) is 0 Å². The highest BCUT2D eigenvalue weighted by Crippen LogP contribution is 2.24. The van der Waals surface area contributed by atoms with Crippen molar-refractivity contribution in [2.75, 3.05) is 18.0 Å². The van der Waals surface area contributed by atoms with Gasteiger partial charge >= 0.3 is 0 Å². The Balaban J connectivity index is 2.06. The molecule has 0 amide bonds. The van der Waals surface area contributed by atoms with Gasteiger partial charge < -0.3 is 14.4 Å². The molecular formula is C11H13BrN4O. The zero-order chi connectivity index (χ0) is 11.8. The topological polar surface area (TPSA) is 53.7 Å². The largest absolute Gasteiger partial charge is 0.391 e. The van der Waals surface area contributed by atoms with E-state index in [9.17, 15) is 5.11 Å². The molecule has 0 bridgehead atoms. The average molecular weight is 297 g/mol. The van der Waals surface area contributed by atoms with Crippen molar-refractivity contribution in [3.05, 3.63) is 23.2 Å². The summed E-state index contributed by atoms with van der Waals surface area (Å²) in [5.74, 6) is 0.836. The normalized spacial score (nSPS) is 21.1. The Kier molecular flexibility index (Phi) is 2.76. The van der Waals surface area contributed by atoms with Gasteiger partial charge in [0.05, 0.1) is 6.10 Å². The Hall–Kier alpha value is -1.14. The van der Waals surface area contributed by atoms with E-state index in [1.807, 2.05) is 16.8 Å². The molecule has 0 spiro atoms. The SMILES string of the molecule is OC1CCCN(c2nc(Br)cn3ccnc23)C1. The molecular weight excluding hydrogens is 284 g/mol. The van der Waals surface area contributed by atoms with E-state index in [4.69, 9.17) is 0 Å². The Bertz CT molecular complexity index is 541. The number of aliphatic hydroxyl groups is 1. The fraction of sp³-hybridized carbons (Fsp3) is 0.455. The Labute approximate surface area is 107 Å². The lowest BCUT2D eigenvalue weighted by atomic mass is 10.1. The summed E-state index contributed by atoms with van der Waals surface area (Å²) in [5.41, 5.74) is 0.835. The van der Waals surface area contributed by atoms with E-state index in [2.05, 4.69) is 30.8 Å². The molecule has 3 heterocycles. The second-order valence-electron chi connectivity index (χ2n) is 4.29. The molecule has 2 aromatic rings. The minimum Gasteiger partial charge on any atom is -0.391 e. The minimum absolute atomic E-state index is 0.264. The van der Waals surface area contributed by atoms with Crippen LogP contribution in [0.25, 0.3) is 5.65 Å². The van der Waals surface area contributed by atoms with Crippen LogP contribution in [0.4, 0.5) is 5.82 Å². The van der Waals surface area contributed by atoms with Crippen LogP contribution in [-0.4, -0.2) is 38.7 Å². The maximum absolute atomic E-state index is 9.72. The Morgan fingerprint density at radius 3 is 3.18 bits per heavy atom. The van der Waals surface area contributed by atoms with Crippen LogP contribution in [0.2, 0.25) is 0 Å². The van der Waals surface area contributed by atoms with Gasteiger partial charge in [0.1, 0.15) is 4.60 Å². The number of anilines is 1. The summed E-state index contributed by atoms with van der Waals surface area (Å²) in [5, 5.41) is 9.72. The number of nitrogens with zero attached hydrogens (tertiary/aromatic N) is 4. The molecule has 0 aliphatic carbocycles. The molecule has 0 saturated carbocycles. The van der Waals surface area contributed by atoms with Gasteiger partial charge in [0, 0.05) is 31.7 Å². The highest BCUT2D eigenvalue weighted by Gasteiger charge is 2.21. The van der Waals surface area contributed by atoms with Crippen LogP contribution >= 0.6 is 15.9 Å². The van der Waals surface area contributed by atoms with Gasteiger partial charge in [-0.05, 0) is 28.8 Å². The first-order chi connectivity index (χ1) is 8.24. The van der Waals surface area contributed by atoms with E-state index < -0.39 is 0 Å². The van der Waals surface area contributed by atoms with Crippen LogP contribution in [0.3, 0.4) is 0 Å². The van der Waals surface area contributed by atoms with E-state index in [-0.39, 0.29) is 6.10 Å².